The van der Waals surface area contributed by atoms with E-state index in [1.807, 2.05) is 6.92 Å². The van der Waals surface area contributed by atoms with E-state index in [1.54, 1.807) is 0 Å². The van der Waals surface area contributed by atoms with E-state index in [0.29, 0.717) is 18.6 Å². The van der Waals surface area contributed by atoms with Crippen molar-refractivity contribution in [1.82, 2.24) is 4.90 Å². The zero-order valence-corrected chi connectivity index (χ0v) is 15.2. The predicted molar refractivity (Wildman–Crippen MR) is 86.2 cm³/mol. The van der Waals surface area contributed by atoms with Crippen LogP contribution in [0, 0.1) is 11.3 Å². The van der Waals surface area contributed by atoms with E-state index in [4.69, 9.17) is 4.74 Å². The van der Waals surface area contributed by atoms with Gasteiger partial charge in [0.25, 0.3) is 0 Å². The van der Waals surface area contributed by atoms with Crippen LogP contribution in [0.5, 0.6) is 0 Å². The van der Waals surface area contributed by atoms with Gasteiger partial charge in [0.05, 0.1) is 15.3 Å². The summed E-state index contributed by atoms with van der Waals surface area (Å²) in [5.41, 5.74) is -0.395. The molecule has 3 atom stereocenters. The molecule has 0 N–H and O–H groups in total. The molecule has 114 valence electrons. The average molecular weight is 409 g/mol. The molecule has 2 saturated heterocycles. The average Bonchev–Trinajstić information content (AvgIpc) is 2.96. The number of rotatable bonds is 3. The molecule has 0 amide bonds. The highest BCUT2D eigenvalue weighted by Crippen LogP contribution is 2.66. The molecule has 0 unspecified atom stereocenters. The molecule has 20 heavy (non-hydrogen) atoms. The first-order chi connectivity index (χ1) is 9.44. The molecule has 0 aromatic rings. The number of ether oxygens (including phenoxy) is 1. The quantitative estimate of drug-likeness (QED) is 0.526. The summed E-state index contributed by atoms with van der Waals surface area (Å²) in [5.74, 6) is 0.481. The maximum absolute atomic E-state index is 12.2. The first-order valence-electron chi connectivity index (χ1n) is 7.73. The highest BCUT2D eigenvalue weighted by atomic mass is 79.9. The largest absolute Gasteiger partial charge is 0.465 e. The van der Waals surface area contributed by atoms with E-state index in [-0.39, 0.29) is 9.20 Å². The maximum Gasteiger partial charge on any atom is 0.314 e. The van der Waals surface area contributed by atoms with Crippen molar-refractivity contribution in [3.8, 4) is 0 Å². The summed E-state index contributed by atoms with van der Waals surface area (Å²) in [4.78, 5) is 14.9. The molecule has 1 aliphatic carbocycles. The fourth-order valence-corrected chi connectivity index (χ4v) is 5.18. The molecule has 1 saturated carbocycles. The molecule has 0 spiro atoms. The van der Waals surface area contributed by atoms with Crippen molar-refractivity contribution in [2.45, 2.75) is 54.7 Å². The second-order valence-electron chi connectivity index (χ2n) is 6.81. The van der Waals surface area contributed by atoms with Gasteiger partial charge in [0.15, 0.2) is 0 Å². The van der Waals surface area contributed by atoms with Gasteiger partial charge in [0.1, 0.15) is 0 Å². The van der Waals surface area contributed by atoms with Crippen molar-refractivity contribution >= 4 is 37.8 Å². The van der Waals surface area contributed by atoms with Crippen LogP contribution in [0.4, 0.5) is 0 Å². The molecule has 0 aromatic heterocycles. The Bertz CT molecular complexity index is 399. The number of halogens is 2. The van der Waals surface area contributed by atoms with Crippen LogP contribution in [0.1, 0.15) is 45.4 Å². The first kappa shape index (κ1) is 15.3. The minimum atomic E-state index is -0.395. The van der Waals surface area contributed by atoms with Crippen LogP contribution in [0.3, 0.4) is 0 Å². The highest BCUT2D eigenvalue weighted by Gasteiger charge is 2.67. The van der Waals surface area contributed by atoms with Gasteiger partial charge in [0.2, 0.25) is 0 Å². The van der Waals surface area contributed by atoms with Crippen LogP contribution in [0.2, 0.25) is 0 Å². The van der Waals surface area contributed by atoms with Gasteiger partial charge in [0, 0.05) is 12.0 Å². The van der Waals surface area contributed by atoms with Gasteiger partial charge in [-0.15, -0.1) is 0 Å². The Morgan fingerprint density at radius 3 is 2.65 bits per heavy atom. The van der Waals surface area contributed by atoms with Crippen LogP contribution >= 0.6 is 31.9 Å². The molecule has 2 aliphatic heterocycles. The summed E-state index contributed by atoms with van der Waals surface area (Å²) in [7, 11) is 0. The van der Waals surface area contributed by atoms with Gasteiger partial charge in [-0.2, -0.15) is 0 Å². The Kier molecular flexibility index (Phi) is 4.24. The van der Waals surface area contributed by atoms with E-state index in [0.717, 1.165) is 6.42 Å². The second-order valence-corrected chi connectivity index (χ2v) is 10.6. The predicted octanol–water partition coefficient (Wildman–Crippen LogP) is 3.69. The third kappa shape index (κ3) is 2.70. The van der Waals surface area contributed by atoms with Crippen LogP contribution < -0.4 is 0 Å². The standard InChI is InChI=1S/C15H23Br2NO2/c1-14(10-15(14,16)17)13(19)20-9-11-5-4-8-18-7-3-2-6-12(11)18/h11-12H,2-10H2,1H3/t11-,12-,14-/m1/s1. The lowest BCUT2D eigenvalue weighted by Gasteiger charge is -2.44. The van der Waals surface area contributed by atoms with Crippen LogP contribution in [-0.4, -0.2) is 39.8 Å². The lowest BCUT2D eigenvalue weighted by molar-refractivity contribution is -0.152. The summed E-state index contributed by atoms with van der Waals surface area (Å²) in [6.07, 6.45) is 7.20. The van der Waals surface area contributed by atoms with E-state index >= 15 is 0 Å². The first-order valence-corrected chi connectivity index (χ1v) is 9.32. The molecule has 3 rings (SSSR count). The molecular weight excluding hydrogens is 386 g/mol. The van der Waals surface area contributed by atoms with E-state index in [9.17, 15) is 4.79 Å². The zero-order valence-electron chi connectivity index (χ0n) is 12.0. The summed E-state index contributed by atoms with van der Waals surface area (Å²) in [6.45, 7) is 5.04. The summed E-state index contributed by atoms with van der Waals surface area (Å²) < 4.78 is 5.42. The molecule has 0 bridgehead atoms. The lowest BCUT2D eigenvalue weighted by Crippen LogP contribution is -2.49. The Morgan fingerprint density at radius 1 is 1.25 bits per heavy atom. The van der Waals surface area contributed by atoms with Crippen molar-refractivity contribution in [2.24, 2.45) is 11.3 Å². The Morgan fingerprint density at radius 2 is 1.95 bits per heavy atom. The molecule has 3 fully saturated rings. The van der Waals surface area contributed by atoms with E-state index in [1.165, 1.54) is 45.2 Å². The third-order valence-electron chi connectivity index (χ3n) is 5.37. The fourth-order valence-electron chi connectivity index (χ4n) is 3.73. The number of fused-ring (bicyclic) bond motifs is 1. The smallest absolute Gasteiger partial charge is 0.314 e. The van der Waals surface area contributed by atoms with Crippen molar-refractivity contribution in [3.63, 3.8) is 0 Å². The molecule has 3 aliphatic rings. The number of carbonyl (C=O) groups excluding carboxylic acids is 1. The molecular formula is C15H23Br2NO2. The molecule has 5 heteroatoms. The molecule has 0 radical (unpaired) electrons. The highest BCUT2D eigenvalue weighted by molar-refractivity contribution is 9.25. The van der Waals surface area contributed by atoms with Crippen molar-refractivity contribution in [1.29, 1.82) is 0 Å². The number of esters is 1. The van der Waals surface area contributed by atoms with Gasteiger partial charge in [-0.25, -0.2) is 0 Å². The van der Waals surface area contributed by atoms with Gasteiger partial charge in [-0.05, 0) is 52.1 Å². The zero-order chi connectivity index (χ0) is 14.4. The van der Waals surface area contributed by atoms with Crippen molar-refractivity contribution in [3.05, 3.63) is 0 Å². The van der Waals surface area contributed by atoms with Gasteiger partial charge >= 0.3 is 5.97 Å². The van der Waals surface area contributed by atoms with Crippen molar-refractivity contribution in [2.75, 3.05) is 19.7 Å². The Hall–Kier alpha value is 0.390. The van der Waals surface area contributed by atoms with Crippen LogP contribution in [0.25, 0.3) is 0 Å². The Labute approximate surface area is 138 Å². The monoisotopic (exact) mass is 407 g/mol. The number of nitrogens with zero attached hydrogens (tertiary/aromatic N) is 1. The fraction of sp³-hybridized carbons (Fsp3) is 0.933. The Balaban J connectivity index is 1.54. The minimum Gasteiger partial charge on any atom is -0.465 e. The lowest BCUT2D eigenvalue weighted by atomic mass is 9.84. The molecule has 3 nitrogen and oxygen atoms in total. The van der Waals surface area contributed by atoms with Gasteiger partial charge in [-0.1, -0.05) is 38.3 Å². The SMILES string of the molecule is C[C@]1(C(=O)OC[C@H]2CCCN3CCCC[C@H]23)CC1(Br)Br. The topological polar surface area (TPSA) is 29.5 Å². The number of carbonyl (C=O) groups is 1. The summed E-state index contributed by atoms with van der Waals surface area (Å²) >= 11 is 7.08. The summed E-state index contributed by atoms with van der Waals surface area (Å²) in [5, 5.41) is 0. The molecule has 0 aromatic carbocycles. The number of alkyl halides is 2. The van der Waals surface area contributed by atoms with Crippen LogP contribution in [0.15, 0.2) is 0 Å². The van der Waals surface area contributed by atoms with Gasteiger partial charge in [-0.3, -0.25) is 9.69 Å². The van der Waals surface area contributed by atoms with E-state index < -0.39 is 5.41 Å². The molecule has 2 heterocycles. The van der Waals surface area contributed by atoms with Crippen molar-refractivity contribution < 1.29 is 9.53 Å². The second kappa shape index (κ2) is 5.54. The number of hydrogen-bond donors (Lipinski definition) is 0. The van der Waals surface area contributed by atoms with Crippen LogP contribution in [-0.2, 0) is 9.53 Å². The van der Waals surface area contributed by atoms with E-state index in [2.05, 4.69) is 36.8 Å². The summed E-state index contributed by atoms with van der Waals surface area (Å²) in [6, 6.07) is 0.648. The number of hydrogen-bond acceptors (Lipinski definition) is 3. The number of piperidine rings is 2. The maximum atomic E-state index is 12.2. The normalized spacial score (nSPS) is 40.0. The minimum absolute atomic E-state index is 0.0563. The van der Waals surface area contributed by atoms with Gasteiger partial charge < -0.3 is 4.74 Å². The third-order valence-corrected chi connectivity index (χ3v) is 7.68.